The molecule has 3 N–H and O–H groups in total. The smallest absolute Gasteiger partial charge is 0.256 e. The van der Waals surface area contributed by atoms with Crippen LogP contribution >= 0.6 is 11.3 Å². The summed E-state index contributed by atoms with van der Waals surface area (Å²) in [7, 11) is 0. The van der Waals surface area contributed by atoms with Crippen molar-refractivity contribution in [3.63, 3.8) is 0 Å². The summed E-state index contributed by atoms with van der Waals surface area (Å²) in [4.78, 5) is 26.1. The van der Waals surface area contributed by atoms with Gasteiger partial charge in [0.25, 0.3) is 5.91 Å². The molecule has 3 rings (SSSR count). The van der Waals surface area contributed by atoms with Crippen molar-refractivity contribution in [2.75, 3.05) is 23.3 Å². The molecule has 0 spiro atoms. The highest BCUT2D eigenvalue weighted by Crippen LogP contribution is 2.30. The topological polar surface area (TPSA) is 75.4 Å². The zero-order valence-corrected chi connectivity index (χ0v) is 13.6. The van der Waals surface area contributed by atoms with Gasteiger partial charge in [-0.2, -0.15) is 11.3 Å². The van der Waals surface area contributed by atoms with Gasteiger partial charge in [-0.25, -0.2) is 0 Å². The van der Waals surface area contributed by atoms with Crippen LogP contribution in [0.3, 0.4) is 0 Å². The van der Waals surface area contributed by atoms with E-state index in [1.807, 2.05) is 11.4 Å². The second-order valence-corrected chi connectivity index (χ2v) is 6.39. The number of primary amides is 1. The van der Waals surface area contributed by atoms with E-state index < -0.39 is 5.91 Å². The van der Waals surface area contributed by atoms with Gasteiger partial charge in [-0.1, -0.05) is 0 Å². The molecule has 0 bridgehead atoms. The van der Waals surface area contributed by atoms with E-state index in [-0.39, 0.29) is 5.91 Å². The fourth-order valence-corrected chi connectivity index (χ4v) is 3.42. The van der Waals surface area contributed by atoms with Crippen molar-refractivity contribution in [3.05, 3.63) is 46.2 Å². The number of hydrogen-bond acceptors (Lipinski definition) is 4. The van der Waals surface area contributed by atoms with E-state index >= 15 is 0 Å². The molecule has 1 aromatic heterocycles. The molecule has 0 radical (unpaired) electrons. The Kier molecular flexibility index (Phi) is 4.62. The van der Waals surface area contributed by atoms with Crippen molar-refractivity contribution in [2.45, 2.75) is 19.3 Å². The molecule has 120 valence electrons. The van der Waals surface area contributed by atoms with Crippen LogP contribution in [0.25, 0.3) is 0 Å². The van der Waals surface area contributed by atoms with Crippen molar-refractivity contribution in [3.8, 4) is 0 Å². The van der Waals surface area contributed by atoms with Crippen molar-refractivity contribution >= 4 is 34.5 Å². The number of amides is 2. The van der Waals surface area contributed by atoms with E-state index in [0.717, 1.165) is 31.6 Å². The summed E-state index contributed by atoms with van der Waals surface area (Å²) in [6, 6.07) is 7.02. The summed E-state index contributed by atoms with van der Waals surface area (Å²) in [5, 5.41) is 6.58. The molecule has 1 aromatic carbocycles. The number of hydrogen-bond donors (Lipinski definition) is 2. The Bertz CT molecular complexity index is 707. The maximum Gasteiger partial charge on any atom is 0.256 e. The van der Waals surface area contributed by atoms with Gasteiger partial charge in [0.15, 0.2) is 0 Å². The third-order valence-electron chi connectivity index (χ3n) is 4.01. The minimum absolute atomic E-state index is 0.175. The Morgan fingerprint density at radius 2 is 1.87 bits per heavy atom. The van der Waals surface area contributed by atoms with E-state index in [4.69, 9.17) is 5.73 Å². The third-order valence-corrected chi connectivity index (χ3v) is 4.69. The highest BCUT2D eigenvalue weighted by molar-refractivity contribution is 7.08. The van der Waals surface area contributed by atoms with Crippen LogP contribution in [-0.2, 0) is 0 Å². The van der Waals surface area contributed by atoms with Crippen LogP contribution < -0.4 is 16.0 Å². The monoisotopic (exact) mass is 329 g/mol. The Morgan fingerprint density at radius 1 is 1.09 bits per heavy atom. The molecular weight excluding hydrogens is 310 g/mol. The van der Waals surface area contributed by atoms with E-state index in [2.05, 4.69) is 10.2 Å². The molecule has 0 aliphatic carbocycles. The first-order chi connectivity index (χ1) is 11.1. The minimum Gasteiger partial charge on any atom is -0.370 e. The lowest BCUT2D eigenvalue weighted by Gasteiger charge is -2.30. The van der Waals surface area contributed by atoms with Crippen LogP contribution in [0.2, 0.25) is 0 Å². The zero-order valence-electron chi connectivity index (χ0n) is 12.7. The molecule has 23 heavy (non-hydrogen) atoms. The second-order valence-electron chi connectivity index (χ2n) is 5.61. The van der Waals surface area contributed by atoms with Gasteiger partial charge in [-0.3, -0.25) is 9.59 Å². The number of nitrogens with two attached hydrogens (primary N) is 1. The highest BCUT2D eigenvalue weighted by atomic mass is 32.1. The van der Waals surface area contributed by atoms with E-state index in [1.54, 1.807) is 23.6 Å². The number of thiophene rings is 1. The van der Waals surface area contributed by atoms with E-state index in [1.165, 1.54) is 17.8 Å². The molecule has 2 amide bonds. The number of carbonyl (C=O) groups is 2. The molecule has 0 atom stereocenters. The van der Waals surface area contributed by atoms with Crippen LogP contribution in [0.15, 0.2) is 35.0 Å². The molecular formula is C17H19N3O2S. The van der Waals surface area contributed by atoms with Crippen molar-refractivity contribution in [1.29, 1.82) is 0 Å². The molecule has 6 heteroatoms. The lowest BCUT2D eigenvalue weighted by Crippen LogP contribution is -2.30. The average Bonchev–Trinajstić information content (AvgIpc) is 3.10. The summed E-state index contributed by atoms with van der Waals surface area (Å²) in [6.45, 7) is 1.91. The summed E-state index contributed by atoms with van der Waals surface area (Å²) in [6.07, 6.45) is 3.50. The van der Waals surface area contributed by atoms with Gasteiger partial charge in [0.2, 0.25) is 5.91 Å². The number of rotatable bonds is 4. The van der Waals surface area contributed by atoms with Crippen LogP contribution in [0, 0.1) is 0 Å². The molecule has 1 aliphatic heterocycles. The van der Waals surface area contributed by atoms with Crippen molar-refractivity contribution < 1.29 is 9.59 Å². The number of piperidine rings is 1. The molecule has 2 aromatic rings. The Labute approximate surface area is 139 Å². The number of nitrogens with one attached hydrogen (secondary N) is 1. The SMILES string of the molecule is NC(=O)c1ccc(N2CCCCC2)c(NC(=O)c2ccsc2)c1. The molecule has 1 fully saturated rings. The Balaban J connectivity index is 1.92. The fourth-order valence-electron chi connectivity index (χ4n) is 2.79. The van der Waals surface area contributed by atoms with Crippen LogP contribution in [0.4, 0.5) is 11.4 Å². The van der Waals surface area contributed by atoms with Gasteiger partial charge in [0.05, 0.1) is 16.9 Å². The number of nitrogens with zero attached hydrogens (tertiary/aromatic N) is 1. The molecule has 0 saturated carbocycles. The van der Waals surface area contributed by atoms with Gasteiger partial charge in [0, 0.05) is 24.0 Å². The number of benzene rings is 1. The van der Waals surface area contributed by atoms with Crippen molar-refractivity contribution in [2.24, 2.45) is 5.73 Å². The predicted octanol–water partition coefficient (Wildman–Crippen LogP) is 3.09. The Morgan fingerprint density at radius 3 is 2.52 bits per heavy atom. The first-order valence-corrected chi connectivity index (χ1v) is 8.62. The lowest BCUT2D eigenvalue weighted by atomic mass is 10.1. The summed E-state index contributed by atoms with van der Waals surface area (Å²) in [5.41, 5.74) is 7.96. The summed E-state index contributed by atoms with van der Waals surface area (Å²) in [5.74, 6) is -0.674. The van der Waals surface area contributed by atoms with Crippen LogP contribution in [0.5, 0.6) is 0 Å². The first-order valence-electron chi connectivity index (χ1n) is 7.67. The lowest BCUT2D eigenvalue weighted by molar-refractivity contribution is 0.0996. The summed E-state index contributed by atoms with van der Waals surface area (Å²) >= 11 is 1.47. The normalized spacial score (nSPS) is 14.5. The highest BCUT2D eigenvalue weighted by Gasteiger charge is 2.18. The van der Waals surface area contributed by atoms with Gasteiger partial charge in [-0.05, 0) is 48.9 Å². The van der Waals surface area contributed by atoms with Gasteiger partial charge in [-0.15, -0.1) is 0 Å². The van der Waals surface area contributed by atoms with E-state index in [0.29, 0.717) is 16.8 Å². The second kappa shape index (κ2) is 6.83. The quantitative estimate of drug-likeness (QED) is 0.905. The Hall–Kier alpha value is -2.34. The van der Waals surface area contributed by atoms with Crippen LogP contribution in [-0.4, -0.2) is 24.9 Å². The number of carbonyl (C=O) groups excluding carboxylic acids is 2. The molecule has 2 heterocycles. The van der Waals surface area contributed by atoms with Crippen LogP contribution in [0.1, 0.15) is 40.0 Å². The molecule has 1 saturated heterocycles. The third kappa shape index (κ3) is 3.53. The standard InChI is InChI=1S/C17H19N3O2S/c18-16(21)12-4-5-15(20-7-2-1-3-8-20)14(10-12)19-17(22)13-6-9-23-11-13/h4-6,9-11H,1-3,7-8H2,(H2,18,21)(H,19,22). The fraction of sp³-hybridized carbons (Fsp3) is 0.294. The van der Waals surface area contributed by atoms with Crippen molar-refractivity contribution in [1.82, 2.24) is 0 Å². The zero-order chi connectivity index (χ0) is 16.2. The first kappa shape index (κ1) is 15.6. The predicted molar refractivity (Wildman–Crippen MR) is 93.3 cm³/mol. The molecule has 5 nitrogen and oxygen atoms in total. The van der Waals surface area contributed by atoms with E-state index in [9.17, 15) is 9.59 Å². The maximum atomic E-state index is 12.4. The van der Waals surface area contributed by atoms with Gasteiger partial charge >= 0.3 is 0 Å². The minimum atomic E-state index is -0.499. The van der Waals surface area contributed by atoms with Gasteiger partial charge < -0.3 is 16.0 Å². The van der Waals surface area contributed by atoms with Gasteiger partial charge in [0.1, 0.15) is 0 Å². The average molecular weight is 329 g/mol. The summed E-state index contributed by atoms with van der Waals surface area (Å²) < 4.78 is 0. The number of anilines is 2. The molecule has 1 aliphatic rings. The maximum absolute atomic E-state index is 12.4. The molecule has 0 unspecified atom stereocenters. The largest absolute Gasteiger partial charge is 0.370 e.